The number of carbonyl (C=O) groups is 1. The van der Waals surface area contributed by atoms with Crippen LogP contribution in [0, 0.1) is 0 Å². The molecule has 1 saturated heterocycles. The van der Waals surface area contributed by atoms with Crippen molar-refractivity contribution in [2.75, 3.05) is 26.2 Å². The molecule has 8 heteroatoms. The average molecular weight is 393 g/mol. The first kappa shape index (κ1) is 19.5. The minimum Gasteiger partial charge on any atom is -0.342 e. The number of likely N-dealkylation sites (N-methyl/N-ethyl adjacent to an activating group) is 1. The van der Waals surface area contributed by atoms with E-state index in [1.165, 1.54) is 18.2 Å². The number of carbonyl (C=O) groups excluding carboxylic acids is 1. The van der Waals surface area contributed by atoms with E-state index in [0.29, 0.717) is 13.1 Å². The van der Waals surface area contributed by atoms with Gasteiger partial charge >= 0.3 is 0 Å². The maximum atomic E-state index is 12.8. The molecule has 1 aliphatic heterocycles. The van der Waals surface area contributed by atoms with E-state index < -0.39 is 10.0 Å². The number of nitrogens with zero attached hydrogens (tertiary/aromatic N) is 2. The lowest BCUT2D eigenvalue weighted by molar-refractivity contribution is -0.131. The van der Waals surface area contributed by atoms with E-state index in [4.69, 9.17) is 23.2 Å². The second-order valence-corrected chi connectivity index (χ2v) is 8.55. The quantitative estimate of drug-likeness (QED) is 0.771. The number of likely N-dealkylation sites (tertiary alicyclic amines) is 1. The van der Waals surface area contributed by atoms with Gasteiger partial charge in [-0.1, -0.05) is 43.0 Å². The van der Waals surface area contributed by atoms with Crippen LogP contribution >= 0.6 is 23.2 Å². The Hall–Kier alpha value is -0.820. The highest BCUT2D eigenvalue weighted by atomic mass is 35.5. The number of halogens is 2. The second-order valence-electron chi connectivity index (χ2n) is 5.80. The molecule has 0 bridgehead atoms. The van der Waals surface area contributed by atoms with Gasteiger partial charge in [0.25, 0.3) is 0 Å². The van der Waals surface area contributed by atoms with Gasteiger partial charge in [0.1, 0.15) is 4.90 Å². The van der Waals surface area contributed by atoms with Crippen LogP contribution in [-0.2, 0) is 14.8 Å². The molecule has 1 amide bonds. The van der Waals surface area contributed by atoms with Gasteiger partial charge in [0.2, 0.25) is 15.9 Å². The highest BCUT2D eigenvalue weighted by Gasteiger charge is 2.29. The van der Waals surface area contributed by atoms with Crippen molar-refractivity contribution in [2.45, 2.75) is 37.5 Å². The maximum absolute atomic E-state index is 12.8. The molecule has 0 unspecified atom stereocenters. The van der Waals surface area contributed by atoms with Crippen LogP contribution in [0.25, 0.3) is 0 Å². The molecule has 1 aromatic rings. The summed E-state index contributed by atoms with van der Waals surface area (Å²) in [5.74, 6) is -0.166. The van der Waals surface area contributed by atoms with Gasteiger partial charge in [-0.05, 0) is 31.0 Å². The molecule has 0 spiro atoms. The SMILES string of the molecule is CCN(CC(=O)N1CCCCCC1)S(=O)(=O)c1cc(Cl)ccc1Cl. The van der Waals surface area contributed by atoms with Gasteiger partial charge in [-0.3, -0.25) is 4.79 Å². The van der Waals surface area contributed by atoms with Gasteiger partial charge in [0, 0.05) is 24.7 Å². The van der Waals surface area contributed by atoms with E-state index in [9.17, 15) is 13.2 Å². The van der Waals surface area contributed by atoms with Crippen LogP contribution in [0.4, 0.5) is 0 Å². The molecule has 1 heterocycles. The molecule has 0 aliphatic carbocycles. The normalized spacial score (nSPS) is 16.2. The second kappa shape index (κ2) is 8.52. The van der Waals surface area contributed by atoms with E-state index in [1.54, 1.807) is 11.8 Å². The molecule has 1 aromatic carbocycles. The fraction of sp³-hybridized carbons (Fsp3) is 0.562. The molecule has 5 nitrogen and oxygen atoms in total. The third-order valence-electron chi connectivity index (χ3n) is 4.13. The predicted molar refractivity (Wildman–Crippen MR) is 95.9 cm³/mol. The summed E-state index contributed by atoms with van der Waals surface area (Å²) in [7, 11) is -3.88. The molecule has 0 aromatic heterocycles. The summed E-state index contributed by atoms with van der Waals surface area (Å²) in [4.78, 5) is 14.2. The Kier molecular flexibility index (Phi) is 6.92. The molecule has 1 aliphatic rings. The smallest absolute Gasteiger partial charge is 0.245 e. The topological polar surface area (TPSA) is 57.7 Å². The van der Waals surface area contributed by atoms with Crippen molar-refractivity contribution in [1.82, 2.24) is 9.21 Å². The Morgan fingerprint density at radius 1 is 1.17 bits per heavy atom. The van der Waals surface area contributed by atoms with E-state index in [1.807, 2.05) is 0 Å². The molecular weight excluding hydrogens is 371 g/mol. The summed E-state index contributed by atoms with van der Waals surface area (Å²) in [6.07, 6.45) is 4.14. The zero-order valence-corrected chi connectivity index (χ0v) is 16.0. The van der Waals surface area contributed by atoms with Crippen molar-refractivity contribution in [1.29, 1.82) is 0 Å². The van der Waals surface area contributed by atoms with Gasteiger partial charge in [-0.15, -0.1) is 0 Å². The Morgan fingerprint density at radius 2 is 1.79 bits per heavy atom. The van der Waals surface area contributed by atoms with E-state index in [-0.39, 0.29) is 33.9 Å². The van der Waals surface area contributed by atoms with Crippen LogP contribution in [0.3, 0.4) is 0 Å². The fourth-order valence-corrected chi connectivity index (χ4v) is 4.89. The third-order valence-corrected chi connectivity index (χ3v) is 6.77. The Labute approximate surface area is 153 Å². The maximum Gasteiger partial charge on any atom is 0.245 e. The van der Waals surface area contributed by atoms with Gasteiger partial charge in [0.15, 0.2) is 0 Å². The van der Waals surface area contributed by atoms with Gasteiger partial charge in [0.05, 0.1) is 11.6 Å². The average Bonchev–Trinajstić information content (AvgIpc) is 2.83. The molecule has 0 N–H and O–H groups in total. The summed E-state index contributed by atoms with van der Waals surface area (Å²) in [6.45, 7) is 3.08. The van der Waals surface area contributed by atoms with Crippen molar-refractivity contribution in [3.63, 3.8) is 0 Å². The van der Waals surface area contributed by atoms with Crippen LogP contribution in [0.5, 0.6) is 0 Å². The zero-order valence-electron chi connectivity index (χ0n) is 13.7. The highest BCUT2D eigenvalue weighted by Crippen LogP contribution is 2.27. The van der Waals surface area contributed by atoms with Crippen LogP contribution in [-0.4, -0.2) is 49.7 Å². The molecule has 134 valence electrons. The van der Waals surface area contributed by atoms with Crippen LogP contribution in [0.2, 0.25) is 10.0 Å². The summed E-state index contributed by atoms with van der Waals surface area (Å²) in [5, 5.41) is 0.382. The monoisotopic (exact) mass is 392 g/mol. The first-order chi connectivity index (χ1) is 11.4. The van der Waals surface area contributed by atoms with Gasteiger partial charge < -0.3 is 4.90 Å². The van der Waals surface area contributed by atoms with Crippen LogP contribution in [0.15, 0.2) is 23.1 Å². The first-order valence-corrected chi connectivity index (χ1v) is 10.3. The van der Waals surface area contributed by atoms with Crippen molar-refractivity contribution in [2.24, 2.45) is 0 Å². The number of hydrogen-bond donors (Lipinski definition) is 0. The summed E-state index contributed by atoms with van der Waals surface area (Å²) in [5.41, 5.74) is 0. The number of hydrogen-bond acceptors (Lipinski definition) is 3. The summed E-state index contributed by atoms with van der Waals surface area (Å²) in [6, 6.07) is 4.29. The Bertz CT molecular complexity index is 687. The van der Waals surface area contributed by atoms with Crippen LogP contribution < -0.4 is 0 Å². The molecule has 24 heavy (non-hydrogen) atoms. The lowest BCUT2D eigenvalue weighted by Gasteiger charge is -2.25. The van der Waals surface area contributed by atoms with Gasteiger partial charge in [-0.2, -0.15) is 4.31 Å². The lowest BCUT2D eigenvalue weighted by Crippen LogP contribution is -2.43. The van der Waals surface area contributed by atoms with Crippen molar-refractivity contribution >= 4 is 39.1 Å². The minimum atomic E-state index is -3.88. The number of amides is 1. The molecular formula is C16H22Cl2N2O3S. The molecule has 0 radical (unpaired) electrons. The van der Waals surface area contributed by atoms with Crippen molar-refractivity contribution in [3.8, 4) is 0 Å². The third kappa shape index (κ3) is 4.63. The van der Waals surface area contributed by atoms with E-state index in [2.05, 4.69) is 0 Å². The zero-order chi connectivity index (χ0) is 17.7. The Morgan fingerprint density at radius 3 is 2.38 bits per heavy atom. The standard InChI is InChI=1S/C16H22Cl2N2O3S/c1-2-20(12-16(21)19-9-5-3-4-6-10-19)24(22,23)15-11-13(17)7-8-14(15)18/h7-8,11H,2-6,9-10,12H2,1H3. The lowest BCUT2D eigenvalue weighted by atomic mass is 10.2. The largest absolute Gasteiger partial charge is 0.342 e. The summed E-state index contributed by atoms with van der Waals surface area (Å²) >= 11 is 11.9. The number of benzene rings is 1. The first-order valence-electron chi connectivity index (χ1n) is 8.09. The van der Waals surface area contributed by atoms with Gasteiger partial charge in [-0.25, -0.2) is 8.42 Å². The molecule has 1 fully saturated rings. The Balaban J connectivity index is 2.20. The minimum absolute atomic E-state index is 0.0674. The molecule has 0 atom stereocenters. The number of rotatable bonds is 5. The van der Waals surface area contributed by atoms with Crippen molar-refractivity contribution < 1.29 is 13.2 Å². The highest BCUT2D eigenvalue weighted by molar-refractivity contribution is 7.89. The van der Waals surface area contributed by atoms with Crippen LogP contribution in [0.1, 0.15) is 32.6 Å². The predicted octanol–water partition coefficient (Wildman–Crippen LogP) is 3.41. The van der Waals surface area contributed by atoms with E-state index in [0.717, 1.165) is 30.0 Å². The van der Waals surface area contributed by atoms with Crippen molar-refractivity contribution in [3.05, 3.63) is 28.2 Å². The fourth-order valence-electron chi connectivity index (χ4n) is 2.75. The molecule has 2 rings (SSSR count). The van der Waals surface area contributed by atoms with E-state index >= 15 is 0 Å². The number of sulfonamides is 1. The summed E-state index contributed by atoms with van der Waals surface area (Å²) < 4.78 is 26.8. The molecule has 0 saturated carbocycles.